The van der Waals surface area contributed by atoms with Crippen molar-refractivity contribution in [2.75, 3.05) is 30.4 Å². The summed E-state index contributed by atoms with van der Waals surface area (Å²) in [6.45, 7) is 0.517. The third-order valence-electron chi connectivity index (χ3n) is 5.49. The van der Waals surface area contributed by atoms with Gasteiger partial charge in [-0.1, -0.05) is 0 Å². The maximum Gasteiger partial charge on any atom is 0.419 e. The first-order chi connectivity index (χ1) is 16.3. The van der Waals surface area contributed by atoms with E-state index >= 15 is 0 Å². The van der Waals surface area contributed by atoms with E-state index in [0.29, 0.717) is 36.6 Å². The summed E-state index contributed by atoms with van der Waals surface area (Å²) in [4.78, 5) is 22.7. The molecular weight excluding hydrogens is 449 g/mol. The molecule has 2 aromatic heterocycles. The summed E-state index contributed by atoms with van der Waals surface area (Å²) in [5.41, 5.74) is -0.437. The average molecular weight is 472 g/mol. The number of methoxy groups -OCH3 is 1. The van der Waals surface area contributed by atoms with Gasteiger partial charge in [-0.15, -0.1) is 0 Å². The van der Waals surface area contributed by atoms with Gasteiger partial charge >= 0.3 is 6.18 Å². The van der Waals surface area contributed by atoms with E-state index in [1.165, 1.54) is 23.4 Å². The predicted octanol–water partition coefficient (Wildman–Crippen LogP) is 5.15. The highest BCUT2D eigenvalue weighted by molar-refractivity contribution is 5.94. The number of amides is 1. The molecule has 0 spiro atoms. The van der Waals surface area contributed by atoms with Crippen molar-refractivity contribution in [2.45, 2.75) is 19.0 Å². The summed E-state index contributed by atoms with van der Waals surface area (Å²) < 4.78 is 51.3. The maximum absolute atomic E-state index is 13.4. The van der Waals surface area contributed by atoms with Crippen molar-refractivity contribution in [1.29, 1.82) is 0 Å². The number of carbonyl (C=O) groups excluding carboxylic acids is 1. The number of hydrogen-bond acceptors (Lipinski definition) is 6. The van der Waals surface area contributed by atoms with Crippen molar-refractivity contribution >= 4 is 17.4 Å². The van der Waals surface area contributed by atoms with E-state index < -0.39 is 17.7 Å². The molecular formula is C24H23F3N4O3. The van der Waals surface area contributed by atoms with Gasteiger partial charge in [-0.3, -0.25) is 4.79 Å². The van der Waals surface area contributed by atoms with Crippen molar-refractivity contribution in [2.24, 2.45) is 5.92 Å². The van der Waals surface area contributed by atoms with E-state index in [4.69, 9.17) is 9.47 Å². The van der Waals surface area contributed by atoms with E-state index in [2.05, 4.69) is 15.3 Å². The van der Waals surface area contributed by atoms with Gasteiger partial charge in [0.15, 0.2) is 0 Å². The van der Waals surface area contributed by atoms with Crippen molar-refractivity contribution in [3.05, 3.63) is 66.5 Å². The van der Waals surface area contributed by atoms with Gasteiger partial charge in [0.05, 0.1) is 18.6 Å². The van der Waals surface area contributed by atoms with Crippen LogP contribution in [0.4, 0.5) is 24.7 Å². The number of pyridine rings is 2. The Morgan fingerprint density at radius 2 is 1.76 bits per heavy atom. The summed E-state index contributed by atoms with van der Waals surface area (Å²) in [5.74, 6) is 0.391. The lowest BCUT2D eigenvalue weighted by Crippen LogP contribution is -2.42. The lowest BCUT2D eigenvalue weighted by molar-refractivity contribution is -0.137. The highest BCUT2D eigenvalue weighted by atomic mass is 19.4. The number of carbonyl (C=O) groups is 1. The molecule has 0 aliphatic carbocycles. The molecule has 10 heteroatoms. The Morgan fingerprint density at radius 3 is 2.50 bits per heavy atom. The van der Waals surface area contributed by atoms with Crippen LogP contribution >= 0.6 is 0 Å². The van der Waals surface area contributed by atoms with Crippen LogP contribution in [0.15, 0.2) is 60.9 Å². The Balaban J connectivity index is 1.47. The molecule has 1 aliphatic rings. The summed E-state index contributed by atoms with van der Waals surface area (Å²) in [5, 5.41) is 2.82. The number of aromatic nitrogens is 2. The predicted molar refractivity (Wildman–Crippen MR) is 120 cm³/mol. The smallest absolute Gasteiger partial charge is 0.419 e. The fraction of sp³-hybridized carbons (Fsp3) is 0.292. The summed E-state index contributed by atoms with van der Waals surface area (Å²) in [6, 6.07) is 12.5. The summed E-state index contributed by atoms with van der Waals surface area (Å²) >= 11 is 0. The maximum atomic E-state index is 13.4. The number of nitrogens with zero attached hydrogens (tertiary/aromatic N) is 3. The lowest BCUT2D eigenvalue weighted by Gasteiger charge is -2.34. The number of rotatable bonds is 6. The molecule has 1 atom stereocenters. The van der Waals surface area contributed by atoms with Crippen LogP contribution in [-0.4, -0.2) is 36.1 Å². The number of hydrogen-bond donors (Lipinski definition) is 1. The van der Waals surface area contributed by atoms with Crippen molar-refractivity contribution in [3.8, 4) is 17.4 Å². The summed E-state index contributed by atoms with van der Waals surface area (Å²) in [7, 11) is 1.56. The quantitative estimate of drug-likeness (QED) is 0.535. The van der Waals surface area contributed by atoms with Gasteiger partial charge in [0.1, 0.15) is 23.0 Å². The van der Waals surface area contributed by atoms with Crippen molar-refractivity contribution in [1.82, 2.24) is 9.97 Å². The molecule has 1 N–H and O–H groups in total. The van der Waals surface area contributed by atoms with Gasteiger partial charge in [0.25, 0.3) is 0 Å². The van der Waals surface area contributed by atoms with E-state index in [1.54, 1.807) is 43.5 Å². The van der Waals surface area contributed by atoms with E-state index in [-0.39, 0.29) is 24.1 Å². The largest absolute Gasteiger partial charge is 0.497 e. The van der Waals surface area contributed by atoms with Gasteiger partial charge in [0.2, 0.25) is 11.8 Å². The van der Waals surface area contributed by atoms with Crippen LogP contribution in [0.1, 0.15) is 18.4 Å². The molecule has 178 valence electrons. The van der Waals surface area contributed by atoms with Gasteiger partial charge < -0.3 is 19.7 Å². The molecule has 1 saturated heterocycles. The zero-order chi connectivity index (χ0) is 24.1. The second-order valence-electron chi connectivity index (χ2n) is 7.78. The number of anilines is 2. The standard InChI is InChI=1S/C24H23F3N4O3/c1-33-17-8-10-18(11-9-17)34-23-20(7-3-13-29-23)30-22(32)16-5-4-14-31(15-16)21-19(24(25,26)27)6-2-12-28-21/h2-3,6-13,16H,4-5,14-15H2,1H3,(H,30,32). The van der Waals surface area contributed by atoms with Gasteiger partial charge in [-0.25, -0.2) is 9.97 Å². The first-order valence-corrected chi connectivity index (χ1v) is 10.7. The second-order valence-corrected chi connectivity index (χ2v) is 7.78. The highest BCUT2D eigenvalue weighted by Gasteiger charge is 2.37. The number of halogens is 3. The molecule has 0 bridgehead atoms. The third kappa shape index (κ3) is 5.38. The number of benzene rings is 1. The normalized spacial score (nSPS) is 16.1. The van der Waals surface area contributed by atoms with Gasteiger partial charge in [-0.2, -0.15) is 13.2 Å². The fourth-order valence-corrected chi connectivity index (χ4v) is 3.81. The molecule has 1 aromatic carbocycles. The van der Waals surface area contributed by atoms with E-state index in [9.17, 15) is 18.0 Å². The third-order valence-corrected chi connectivity index (χ3v) is 5.49. The average Bonchev–Trinajstić information content (AvgIpc) is 2.85. The topological polar surface area (TPSA) is 76.6 Å². The molecule has 1 fully saturated rings. The zero-order valence-corrected chi connectivity index (χ0v) is 18.4. The Bertz CT molecular complexity index is 1140. The minimum Gasteiger partial charge on any atom is -0.497 e. The van der Waals surface area contributed by atoms with E-state index in [1.807, 2.05) is 0 Å². The summed E-state index contributed by atoms with van der Waals surface area (Å²) in [6.07, 6.45) is -0.550. The molecule has 7 nitrogen and oxygen atoms in total. The van der Waals surface area contributed by atoms with Crippen molar-refractivity contribution < 1.29 is 27.4 Å². The minimum atomic E-state index is -4.53. The van der Waals surface area contributed by atoms with Crippen LogP contribution in [0.25, 0.3) is 0 Å². The SMILES string of the molecule is COc1ccc(Oc2ncccc2NC(=O)C2CCCN(c3ncccc3C(F)(F)F)C2)cc1. The lowest BCUT2D eigenvalue weighted by atomic mass is 9.96. The van der Waals surface area contributed by atoms with Crippen LogP contribution in [0, 0.1) is 5.92 Å². The number of piperidine rings is 1. The Morgan fingerprint density at radius 1 is 1.06 bits per heavy atom. The monoisotopic (exact) mass is 472 g/mol. The molecule has 0 saturated carbocycles. The van der Waals surface area contributed by atoms with Gasteiger partial charge in [0, 0.05) is 25.5 Å². The van der Waals surface area contributed by atoms with Crippen LogP contribution in [0.2, 0.25) is 0 Å². The van der Waals surface area contributed by atoms with Crippen LogP contribution < -0.4 is 19.7 Å². The Labute approximate surface area is 194 Å². The van der Waals surface area contributed by atoms with Crippen LogP contribution in [-0.2, 0) is 11.0 Å². The number of ether oxygens (including phenoxy) is 2. The van der Waals surface area contributed by atoms with Gasteiger partial charge in [-0.05, 0) is 61.4 Å². The zero-order valence-electron chi connectivity index (χ0n) is 18.4. The van der Waals surface area contributed by atoms with Crippen LogP contribution in [0.3, 0.4) is 0 Å². The molecule has 34 heavy (non-hydrogen) atoms. The molecule has 0 radical (unpaired) electrons. The number of nitrogens with one attached hydrogen (secondary N) is 1. The molecule has 1 amide bonds. The van der Waals surface area contributed by atoms with Crippen molar-refractivity contribution in [3.63, 3.8) is 0 Å². The minimum absolute atomic E-state index is 0.126. The Hall–Kier alpha value is -3.82. The molecule has 4 rings (SSSR count). The molecule has 3 aromatic rings. The molecule has 1 unspecified atom stereocenters. The van der Waals surface area contributed by atoms with Crippen LogP contribution in [0.5, 0.6) is 17.4 Å². The Kier molecular flexibility index (Phi) is 6.85. The first kappa shape index (κ1) is 23.3. The first-order valence-electron chi connectivity index (χ1n) is 10.7. The molecule has 3 heterocycles. The molecule has 1 aliphatic heterocycles. The highest BCUT2D eigenvalue weighted by Crippen LogP contribution is 2.37. The van der Waals surface area contributed by atoms with E-state index in [0.717, 1.165) is 6.07 Å². The number of alkyl halides is 3. The second kappa shape index (κ2) is 9.98. The fourth-order valence-electron chi connectivity index (χ4n) is 3.81.